The molecule has 0 unspecified atom stereocenters. The highest BCUT2D eigenvalue weighted by Crippen LogP contribution is 2.25. The Hall–Kier alpha value is -4.66. The summed E-state index contributed by atoms with van der Waals surface area (Å²) >= 11 is 0. The van der Waals surface area contributed by atoms with Crippen LogP contribution in [0.3, 0.4) is 0 Å². The van der Waals surface area contributed by atoms with Crippen molar-refractivity contribution in [2.24, 2.45) is 0 Å². The van der Waals surface area contributed by atoms with Crippen molar-refractivity contribution >= 4 is 46.0 Å². The van der Waals surface area contributed by atoms with E-state index in [4.69, 9.17) is 0 Å². The summed E-state index contributed by atoms with van der Waals surface area (Å²) in [6.07, 6.45) is 7.29. The van der Waals surface area contributed by atoms with Crippen LogP contribution in [0, 0.1) is 6.92 Å². The second kappa shape index (κ2) is 9.07. The van der Waals surface area contributed by atoms with Gasteiger partial charge in [-0.1, -0.05) is 6.07 Å². The molecule has 0 aliphatic carbocycles. The number of nitrogens with one attached hydrogen (secondary N) is 4. The van der Waals surface area contributed by atoms with E-state index in [1.54, 1.807) is 23.1 Å². The molecule has 0 bridgehead atoms. The van der Waals surface area contributed by atoms with Crippen LogP contribution < -0.4 is 10.6 Å². The number of aryl methyl sites for hydroxylation is 2. The summed E-state index contributed by atoms with van der Waals surface area (Å²) in [5, 5.41) is 19.2. The Labute approximate surface area is 195 Å². The molecule has 9 nitrogen and oxygen atoms in total. The van der Waals surface area contributed by atoms with Gasteiger partial charge in [0.1, 0.15) is 11.5 Å². The van der Waals surface area contributed by atoms with Crippen LogP contribution in [0.15, 0.2) is 60.9 Å². The minimum atomic E-state index is -0.186. The number of H-pyrrole nitrogens is 2. The Kier molecular flexibility index (Phi) is 5.65. The van der Waals surface area contributed by atoms with Crippen LogP contribution in [-0.2, 0) is 6.54 Å². The van der Waals surface area contributed by atoms with E-state index in [1.807, 2.05) is 68.5 Å². The lowest BCUT2D eigenvalue weighted by molar-refractivity contribution is 0.101. The SMILES string of the molecule is CCn1nc(C)cc1C(=O)Nc1cccc(Nc2ccc3c(C=Cc4ncc[nH]4)n[nH]c3c2)c1. The Morgan fingerprint density at radius 2 is 1.94 bits per heavy atom. The van der Waals surface area contributed by atoms with Gasteiger partial charge in [0, 0.05) is 41.4 Å². The lowest BCUT2D eigenvalue weighted by atomic mass is 10.1. The Morgan fingerprint density at radius 1 is 1.09 bits per heavy atom. The summed E-state index contributed by atoms with van der Waals surface area (Å²) in [7, 11) is 0. The van der Waals surface area contributed by atoms with Crippen molar-refractivity contribution < 1.29 is 4.79 Å². The molecule has 0 radical (unpaired) electrons. The number of rotatable bonds is 7. The molecule has 0 saturated heterocycles. The van der Waals surface area contributed by atoms with E-state index in [0.717, 1.165) is 39.5 Å². The van der Waals surface area contributed by atoms with Crippen LogP contribution in [0.1, 0.15) is 34.6 Å². The van der Waals surface area contributed by atoms with Crippen LogP contribution in [0.4, 0.5) is 17.1 Å². The lowest BCUT2D eigenvalue weighted by Gasteiger charge is -2.10. The number of imidazole rings is 1. The standard InChI is InChI=1S/C25H24N8O/c1-3-33-23(13-16(2)32-33)25(34)29-18-6-4-5-17(14-18)28-19-7-8-20-21(30-31-22(20)15-19)9-10-24-26-11-12-27-24/h4-15,28H,3H2,1-2H3,(H,26,27)(H,29,34)(H,30,31). The predicted octanol–water partition coefficient (Wildman–Crippen LogP) is 4.98. The zero-order valence-corrected chi connectivity index (χ0v) is 18.8. The van der Waals surface area contributed by atoms with Crippen LogP contribution >= 0.6 is 0 Å². The monoisotopic (exact) mass is 452 g/mol. The second-order valence-electron chi connectivity index (χ2n) is 7.82. The molecule has 0 spiro atoms. The van der Waals surface area contributed by atoms with Gasteiger partial charge in [-0.2, -0.15) is 10.2 Å². The molecular formula is C25H24N8O. The largest absolute Gasteiger partial charge is 0.355 e. The maximum Gasteiger partial charge on any atom is 0.273 e. The summed E-state index contributed by atoms with van der Waals surface area (Å²) < 4.78 is 1.70. The number of aromatic nitrogens is 6. The highest BCUT2D eigenvalue weighted by molar-refractivity contribution is 6.03. The summed E-state index contributed by atoms with van der Waals surface area (Å²) in [5.41, 5.74) is 5.57. The van der Waals surface area contributed by atoms with Gasteiger partial charge in [0.15, 0.2) is 0 Å². The highest BCUT2D eigenvalue weighted by Gasteiger charge is 2.13. The van der Waals surface area contributed by atoms with E-state index in [2.05, 4.69) is 35.9 Å². The topological polar surface area (TPSA) is 116 Å². The van der Waals surface area contributed by atoms with Crippen molar-refractivity contribution in [3.05, 3.63) is 83.8 Å². The average molecular weight is 453 g/mol. The smallest absolute Gasteiger partial charge is 0.273 e. The van der Waals surface area contributed by atoms with Gasteiger partial charge >= 0.3 is 0 Å². The molecule has 0 saturated carbocycles. The lowest BCUT2D eigenvalue weighted by Crippen LogP contribution is -2.17. The number of nitrogens with zero attached hydrogens (tertiary/aromatic N) is 4. The van der Waals surface area contributed by atoms with Crippen molar-refractivity contribution in [1.29, 1.82) is 0 Å². The Balaban J connectivity index is 1.31. The molecular weight excluding hydrogens is 428 g/mol. The van der Waals surface area contributed by atoms with Gasteiger partial charge in [-0.15, -0.1) is 0 Å². The van der Waals surface area contributed by atoms with Gasteiger partial charge in [-0.3, -0.25) is 14.6 Å². The van der Waals surface area contributed by atoms with E-state index < -0.39 is 0 Å². The first-order valence-electron chi connectivity index (χ1n) is 11.0. The maximum absolute atomic E-state index is 12.7. The molecule has 5 rings (SSSR count). The van der Waals surface area contributed by atoms with Crippen LogP contribution in [0.2, 0.25) is 0 Å². The maximum atomic E-state index is 12.7. The zero-order valence-electron chi connectivity index (χ0n) is 18.8. The third kappa shape index (κ3) is 4.44. The zero-order chi connectivity index (χ0) is 23.5. The third-order valence-corrected chi connectivity index (χ3v) is 5.35. The first-order valence-corrected chi connectivity index (χ1v) is 11.0. The number of anilines is 3. The number of carbonyl (C=O) groups is 1. The fourth-order valence-corrected chi connectivity index (χ4v) is 3.78. The van der Waals surface area contributed by atoms with Crippen molar-refractivity contribution in [1.82, 2.24) is 29.9 Å². The normalized spacial score (nSPS) is 11.4. The van der Waals surface area contributed by atoms with Gasteiger partial charge in [0.05, 0.1) is 16.9 Å². The number of benzene rings is 2. The first kappa shape index (κ1) is 21.2. The van der Waals surface area contributed by atoms with Gasteiger partial charge in [0.2, 0.25) is 0 Å². The Bertz CT molecular complexity index is 1480. The number of hydrogen-bond donors (Lipinski definition) is 4. The molecule has 0 atom stereocenters. The summed E-state index contributed by atoms with van der Waals surface area (Å²) in [5.74, 6) is 0.587. The molecule has 0 fully saturated rings. The van der Waals surface area contributed by atoms with Crippen LogP contribution in [0.5, 0.6) is 0 Å². The number of aromatic amines is 2. The molecule has 0 aliphatic rings. The quantitative estimate of drug-likeness (QED) is 0.278. The summed E-state index contributed by atoms with van der Waals surface area (Å²) in [4.78, 5) is 20.0. The van der Waals surface area contributed by atoms with Crippen LogP contribution in [0.25, 0.3) is 23.1 Å². The summed E-state index contributed by atoms with van der Waals surface area (Å²) in [6.45, 7) is 4.47. The van der Waals surface area contributed by atoms with E-state index in [9.17, 15) is 4.79 Å². The van der Waals surface area contributed by atoms with Crippen molar-refractivity contribution in [2.45, 2.75) is 20.4 Å². The third-order valence-electron chi connectivity index (χ3n) is 5.35. The van der Waals surface area contributed by atoms with Crippen molar-refractivity contribution in [3.8, 4) is 0 Å². The van der Waals surface area contributed by atoms with E-state index in [-0.39, 0.29) is 5.91 Å². The average Bonchev–Trinajstić information content (AvgIpc) is 3.57. The molecule has 4 N–H and O–H groups in total. The predicted molar refractivity (Wildman–Crippen MR) is 134 cm³/mol. The van der Waals surface area contributed by atoms with Gasteiger partial charge in [-0.25, -0.2) is 4.98 Å². The van der Waals surface area contributed by atoms with Crippen molar-refractivity contribution in [3.63, 3.8) is 0 Å². The molecule has 3 heterocycles. The number of fused-ring (bicyclic) bond motifs is 1. The second-order valence-corrected chi connectivity index (χ2v) is 7.82. The number of hydrogen-bond acceptors (Lipinski definition) is 5. The molecule has 2 aromatic carbocycles. The fraction of sp³-hybridized carbons (Fsp3) is 0.120. The van der Waals surface area contributed by atoms with Gasteiger partial charge < -0.3 is 15.6 Å². The van der Waals surface area contributed by atoms with Gasteiger partial charge in [0.25, 0.3) is 5.91 Å². The molecule has 1 amide bonds. The molecule has 170 valence electrons. The Morgan fingerprint density at radius 3 is 2.76 bits per heavy atom. The first-order chi connectivity index (χ1) is 16.6. The molecule has 9 heteroatoms. The van der Waals surface area contributed by atoms with Crippen molar-refractivity contribution in [2.75, 3.05) is 10.6 Å². The number of carbonyl (C=O) groups excluding carboxylic acids is 1. The molecule has 5 aromatic rings. The van der Waals surface area contributed by atoms with E-state index in [0.29, 0.717) is 17.9 Å². The highest BCUT2D eigenvalue weighted by atomic mass is 16.2. The van der Waals surface area contributed by atoms with E-state index in [1.165, 1.54) is 0 Å². The minimum Gasteiger partial charge on any atom is -0.355 e. The van der Waals surface area contributed by atoms with Gasteiger partial charge in [-0.05, 0) is 68.5 Å². The molecule has 34 heavy (non-hydrogen) atoms. The molecule has 3 aromatic heterocycles. The fourth-order valence-electron chi connectivity index (χ4n) is 3.78. The number of amides is 1. The van der Waals surface area contributed by atoms with E-state index >= 15 is 0 Å². The molecule has 0 aliphatic heterocycles. The van der Waals surface area contributed by atoms with Crippen LogP contribution in [-0.4, -0.2) is 35.9 Å². The minimum absolute atomic E-state index is 0.186. The summed E-state index contributed by atoms with van der Waals surface area (Å²) in [6, 6.07) is 15.4.